The lowest BCUT2D eigenvalue weighted by Gasteiger charge is -2.43. The Morgan fingerprint density at radius 1 is 1.29 bits per heavy atom. The number of hydrogen-bond acceptors (Lipinski definition) is 7. The molecule has 0 bridgehead atoms. The second-order valence-corrected chi connectivity index (χ2v) is 9.33. The summed E-state index contributed by atoms with van der Waals surface area (Å²) in [5, 5.41) is 2.90. The largest absolute Gasteiger partial charge is 0.381 e. The summed E-state index contributed by atoms with van der Waals surface area (Å²) >= 11 is 0. The van der Waals surface area contributed by atoms with Gasteiger partial charge in [0.05, 0.1) is 12.5 Å². The van der Waals surface area contributed by atoms with Crippen molar-refractivity contribution in [2.24, 2.45) is 0 Å². The molecular weight excluding hydrogens is 382 g/mol. The number of rotatable bonds is 7. The fraction of sp³-hybridized carbons (Fsp3) is 0.722. The molecule has 1 amide bonds. The van der Waals surface area contributed by atoms with Crippen molar-refractivity contribution >= 4 is 15.9 Å². The van der Waals surface area contributed by atoms with Crippen molar-refractivity contribution in [2.75, 3.05) is 45.6 Å². The van der Waals surface area contributed by atoms with Gasteiger partial charge in [0.2, 0.25) is 10.0 Å². The van der Waals surface area contributed by atoms with Crippen LogP contribution in [0.2, 0.25) is 0 Å². The molecule has 2 fully saturated rings. The maximum atomic E-state index is 12.2. The molecule has 0 aliphatic carbocycles. The SMILES string of the molecule is CS(=O)(=O)N1CCCC(N(CCNC(=O)c2cnccn2)C2CCOCC2)C1. The van der Waals surface area contributed by atoms with Gasteiger partial charge in [-0.2, -0.15) is 0 Å². The van der Waals surface area contributed by atoms with Gasteiger partial charge in [0, 0.05) is 63.9 Å². The van der Waals surface area contributed by atoms with Gasteiger partial charge >= 0.3 is 0 Å². The molecule has 28 heavy (non-hydrogen) atoms. The van der Waals surface area contributed by atoms with E-state index in [2.05, 4.69) is 20.2 Å². The summed E-state index contributed by atoms with van der Waals surface area (Å²) in [6.07, 6.45) is 9.39. The quantitative estimate of drug-likeness (QED) is 0.679. The zero-order chi connectivity index (χ0) is 20.0. The Hall–Kier alpha value is -1.62. The first-order chi connectivity index (χ1) is 13.4. The predicted octanol–water partition coefficient (Wildman–Crippen LogP) is 0.111. The summed E-state index contributed by atoms with van der Waals surface area (Å²) in [6, 6.07) is 0.492. The average Bonchev–Trinajstić information content (AvgIpc) is 2.72. The van der Waals surface area contributed by atoms with Crippen molar-refractivity contribution in [1.82, 2.24) is 24.5 Å². The molecule has 0 saturated carbocycles. The number of carbonyl (C=O) groups excluding carboxylic acids is 1. The van der Waals surface area contributed by atoms with Crippen LogP contribution in [0, 0.1) is 0 Å². The molecule has 0 spiro atoms. The summed E-state index contributed by atoms with van der Waals surface area (Å²) in [5.74, 6) is -0.249. The number of amides is 1. The molecular formula is C18H29N5O4S. The molecule has 1 N–H and O–H groups in total. The van der Waals surface area contributed by atoms with E-state index in [9.17, 15) is 13.2 Å². The lowest BCUT2D eigenvalue weighted by molar-refractivity contribution is 0.00672. The highest BCUT2D eigenvalue weighted by molar-refractivity contribution is 7.88. The third-order valence-electron chi connectivity index (χ3n) is 5.41. The Balaban J connectivity index is 1.63. The Bertz CT molecular complexity index is 740. The normalized spacial score (nSPS) is 22.3. The monoisotopic (exact) mass is 411 g/mol. The second-order valence-electron chi connectivity index (χ2n) is 7.34. The Morgan fingerprint density at radius 2 is 2.07 bits per heavy atom. The van der Waals surface area contributed by atoms with Crippen LogP contribution in [0.25, 0.3) is 0 Å². The van der Waals surface area contributed by atoms with E-state index in [1.807, 2.05) is 0 Å². The van der Waals surface area contributed by atoms with Gasteiger partial charge in [-0.15, -0.1) is 0 Å². The molecule has 3 rings (SSSR count). The van der Waals surface area contributed by atoms with E-state index >= 15 is 0 Å². The molecule has 156 valence electrons. The first-order valence-corrected chi connectivity index (χ1v) is 11.6. The molecule has 3 heterocycles. The molecule has 2 aliphatic heterocycles. The summed E-state index contributed by atoms with van der Waals surface area (Å²) in [4.78, 5) is 22.5. The van der Waals surface area contributed by atoms with Gasteiger partial charge in [-0.25, -0.2) is 17.7 Å². The molecule has 1 aromatic heterocycles. The smallest absolute Gasteiger partial charge is 0.271 e. The summed E-state index contributed by atoms with van der Waals surface area (Å²) < 4.78 is 31.1. The first-order valence-electron chi connectivity index (χ1n) is 9.78. The van der Waals surface area contributed by atoms with Gasteiger partial charge in [-0.3, -0.25) is 14.7 Å². The van der Waals surface area contributed by atoms with E-state index < -0.39 is 10.0 Å². The van der Waals surface area contributed by atoms with Crippen LogP contribution < -0.4 is 5.32 Å². The zero-order valence-corrected chi connectivity index (χ0v) is 17.1. The lowest BCUT2D eigenvalue weighted by Crippen LogP contribution is -2.55. The highest BCUT2D eigenvalue weighted by Gasteiger charge is 2.33. The van der Waals surface area contributed by atoms with Crippen molar-refractivity contribution in [3.63, 3.8) is 0 Å². The lowest BCUT2D eigenvalue weighted by atomic mass is 9.99. The number of aromatic nitrogens is 2. The van der Waals surface area contributed by atoms with Crippen LogP contribution in [-0.2, 0) is 14.8 Å². The van der Waals surface area contributed by atoms with Gasteiger partial charge in [-0.05, 0) is 25.7 Å². The Kier molecular flexibility index (Phi) is 7.33. The van der Waals surface area contributed by atoms with Crippen LogP contribution in [0.3, 0.4) is 0 Å². The molecule has 1 unspecified atom stereocenters. The topological polar surface area (TPSA) is 105 Å². The number of ether oxygens (including phenoxy) is 1. The number of carbonyl (C=O) groups is 1. The Morgan fingerprint density at radius 3 is 2.75 bits per heavy atom. The van der Waals surface area contributed by atoms with Crippen LogP contribution in [0.15, 0.2) is 18.6 Å². The summed E-state index contributed by atoms with van der Waals surface area (Å²) in [5.41, 5.74) is 0.293. The Labute approximate surface area is 166 Å². The number of hydrogen-bond donors (Lipinski definition) is 1. The van der Waals surface area contributed by atoms with Crippen molar-refractivity contribution in [3.8, 4) is 0 Å². The van der Waals surface area contributed by atoms with Crippen molar-refractivity contribution < 1.29 is 17.9 Å². The summed E-state index contributed by atoms with van der Waals surface area (Å²) in [6.45, 7) is 3.67. The maximum absolute atomic E-state index is 12.2. The third-order valence-corrected chi connectivity index (χ3v) is 6.68. The third kappa shape index (κ3) is 5.69. The van der Waals surface area contributed by atoms with E-state index in [1.54, 1.807) is 4.31 Å². The summed E-state index contributed by atoms with van der Waals surface area (Å²) in [7, 11) is -3.20. The maximum Gasteiger partial charge on any atom is 0.271 e. The van der Waals surface area contributed by atoms with E-state index in [0.29, 0.717) is 37.9 Å². The molecule has 0 radical (unpaired) electrons. The van der Waals surface area contributed by atoms with E-state index in [1.165, 1.54) is 24.8 Å². The van der Waals surface area contributed by atoms with Crippen LogP contribution in [0.4, 0.5) is 0 Å². The van der Waals surface area contributed by atoms with Crippen molar-refractivity contribution in [1.29, 1.82) is 0 Å². The first kappa shape index (κ1) is 21.1. The molecule has 1 atom stereocenters. The minimum absolute atomic E-state index is 0.153. The average molecular weight is 412 g/mol. The fourth-order valence-corrected chi connectivity index (χ4v) is 4.88. The van der Waals surface area contributed by atoms with E-state index in [4.69, 9.17) is 4.74 Å². The van der Waals surface area contributed by atoms with Gasteiger partial charge in [0.15, 0.2) is 0 Å². The van der Waals surface area contributed by atoms with Crippen LogP contribution >= 0.6 is 0 Å². The second kappa shape index (κ2) is 9.73. The van der Waals surface area contributed by atoms with Crippen LogP contribution in [-0.4, -0.2) is 91.2 Å². The standard InChI is InChI=1S/C18H29N5O4S/c1-28(25,26)22-9-2-3-16(14-22)23(15-4-11-27-12-5-15)10-8-21-18(24)17-13-19-6-7-20-17/h6-7,13,15-16H,2-5,8-12,14H2,1H3,(H,21,24). The van der Waals surface area contributed by atoms with E-state index in [-0.39, 0.29) is 11.9 Å². The number of nitrogens with one attached hydrogen (secondary N) is 1. The van der Waals surface area contributed by atoms with Gasteiger partial charge in [0.25, 0.3) is 5.91 Å². The number of sulfonamides is 1. The van der Waals surface area contributed by atoms with Gasteiger partial charge in [0.1, 0.15) is 5.69 Å². The molecule has 10 heteroatoms. The predicted molar refractivity (Wildman–Crippen MR) is 104 cm³/mol. The number of nitrogens with zero attached hydrogens (tertiary/aromatic N) is 4. The minimum Gasteiger partial charge on any atom is -0.381 e. The van der Waals surface area contributed by atoms with Crippen molar-refractivity contribution in [2.45, 2.75) is 37.8 Å². The van der Waals surface area contributed by atoms with Gasteiger partial charge < -0.3 is 10.1 Å². The van der Waals surface area contributed by atoms with Crippen LogP contribution in [0.5, 0.6) is 0 Å². The van der Waals surface area contributed by atoms with Gasteiger partial charge in [-0.1, -0.05) is 0 Å². The minimum atomic E-state index is -3.20. The van der Waals surface area contributed by atoms with Crippen molar-refractivity contribution in [3.05, 3.63) is 24.3 Å². The van der Waals surface area contributed by atoms with E-state index in [0.717, 1.165) is 38.9 Å². The molecule has 9 nitrogen and oxygen atoms in total. The number of piperidine rings is 1. The highest BCUT2D eigenvalue weighted by atomic mass is 32.2. The van der Waals surface area contributed by atoms with Crippen LogP contribution in [0.1, 0.15) is 36.2 Å². The zero-order valence-electron chi connectivity index (χ0n) is 16.3. The molecule has 2 aliphatic rings. The highest BCUT2D eigenvalue weighted by Crippen LogP contribution is 2.24. The molecule has 1 aromatic rings. The fourth-order valence-electron chi connectivity index (χ4n) is 3.98. The molecule has 2 saturated heterocycles. The molecule has 0 aromatic carbocycles.